The summed E-state index contributed by atoms with van der Waals surface area (Å²) in [6, 6.07) is 5.04. The molecule has 100 valence electrons. The number of carbonyl (C=O) groups excluding carboxylic acids is 1. The molecule has 1 aromatic heterocycles. The van der Waals surface area contributed by atoms with Gasteiger partial charge >= 0.3 is 5.97 Å². The Labute approximate surface area is 115 Å². The molecule has 0 radical (unpaired) electrons. The number of anilines is 2. The number of ether oxygens (including phenoxy) is 1. The summed E-state index contributed by atoms with van der Waals surface area (Å²) in [5.41, 5.74) is 7.62. The molecule has 0 aliphatic carbocycles. The number of aryl methyl sites for hydroxylation is 1. The lowest BCUT2D eigenvalue weighted by atomic mass is 10.1. The topological polar surface area (TPSA) is 77.2 Å². The molecule has 0 saturated heterocycles. The van der Waals surface area contributed by atoms with E-state index in [2.05, 4.69) is 15.0 Å². The van der Waals surface area contributed by atoms with E-state index in [1.165, 1.54) is 12.0 Å². The fourth-order valence-electron chi connectivity index (χ4n) is 1.62. The number of nitrogens with two attached hydrogens (primary N) is 1. The van der Waals surface area contributed by atoms with Crippen molar-refractivity contribution in [3.8, 4) is 0 Å². The van der Waals surface area contributed by atoms with Crippen molar-refractivity contribution in [1.29, 1.82) is 0 Å². The van der Waals surface area contributed by atoms with Crippen molar-refractivity contribution < 1.29 is 9.53 Å². The van der Waals surface area contributed by atoms with Gasteiger partial charge in [-0.1, -0.05) is 0 Å². The summed E-state index contributed by atoms with van der Waals surface area (Å²) in [4.78, 5) is 16.8. The van der Waals surface area contributed by atoms with Crippen LogP contribution in [0.25, 0.3) is 0 Å². The van der Waals surface area contributed by atoms with Crippen LogP contribution in [-0.4, -0.2) is 18.1 Å². The molecule has 19 heavy (non-hydrogen) atoms. The minimum atomic E-state index is -0.395. The van der Waals surface area contributed by atoms with E-state index >= 15 is 0 Å². The van der Waals surface area contributed by atoms with Crippen LogP contribution in [0, 0.1) is 6.92 Å². The number of thiazole rings is 1. The third-order valence-corrected chi connectivity index (χ3v) is 3.48. The Hall–Kier alpha value is -2.08. The van der Waals surface area contributed by atoms with Gasteiger partial charge in [0.2, 0.25) is 0 Å². The first-order chi connectivity index (χ1) is 9.10. The minimum Gasteiger partial charge on any atom is -0.465 e. The SMILES string of the molecule is COC(=O)c1ccc(NCc2ncc(C)s2)c(N)c1. The fraction of sp³-hybridized carbons (Fsp3) is 0.231. The number of methoxy groups -OCH3 is 1. The largest absolute Gasteiger partial charge is 0.465 e. The molecule has 1 aromatic carbocycles. The zero-order valence-electron chi connectivity index (χ0n) is 10.8. The van der Waals surface area contributed by atoms with E-state index in [1.807, 2.05) is 13.1 Å². The summed E-state index contributed by atoms with van der Waals surface area (Å²) in [6.07, 6.45) is 1.84. The zero-order chi connectivity index (χ0) is 13.8. The van der Waals surface area contributed by atoms with Gasteiger partial charge in [0.05, 0.1) is 30.6 Å². The predicted molar refractivity (Wildman–Crippen MR) is 76.4 cm³/mol. The Balaban J connectivity index is 2.07. The van der Waals surface area contributed by atoms with E-state index in [1.54, 1.807) is 29.5 Å². The Kier molecular flexibility index (Phi) is 4.01. The van der Waals surface area contributed by atoms with Gasteiger partial charge < -0.3 is 15.8 Å². The molecule has 1 heterocycles. The van der Waals surface area contributed by atoms with Crippen LogP contribution in [0.1, 0.15) is 20.2 Å². The highest BCUT2D eigenvalue weighted by molar-refractivity contribution is 7.11. The first kappa shape index (κ1) is 13.4. The average molecular weight is 277 g/mol. The minimum absolute atomic E-state index is 0.395. The standard InChI is InChI=1S/C13H15N3O2S/c1-8-6-16-12(19-8)7-15-11-4-3-9(5-10(11)14)13(17)18-2/h3-6,15H,7,14H2,1-2H3. The van der Waals surface area contributed by atoms with Crippen LogP contribution in [0.5, 0.6) is 0 Å². The summed E-state index contributed by atoms with van der Waals surface area (Å²) in [5, 5.41) is 4.19. The maximum Gasteiger partial charge on any atom is 0.337 e. The fourth-order valence-corrected chi connectivity index (χ4v) is 2.35. The van der Waals surface area contributed by atoms with E-state index in [-0.39, 0.29) is 0 Å². The third kappa shape index (κ3) is 3.23. The average Bonchev–Trinajstić information content (AvgIpc) is 2.82. The molecule has 0 spiro atoms. The summed E-state index contributed by atoms with van der Waals surface area (Å²) in [5.74, 6) is -0.395. The number of nitrogens with one attached hydrogen (secondary N) is 1. The van der Waals surface area contributed by atoms with Gasteiger partial charge in [0.25, 0.3) is 0 Å². The lowest BCUT2D eigenvalue weighted by molar-refractivity contribution is 0.0601. The third-order valence-electron chi connectivity index (χ3n) is 2.57. The first-order valence-electron chi connectivity index (χ1n) is 5.73. The number of rotatable bonds is 4. The van der Waals surface area contributed by atoms with Gasteiger partial charge in [0, 0.05) is 11.1 Å². The molecule has 0 amide bonds. The molecular formula is C13H15N3O2S. The highest BCUT2D eigenvalue weighted by Gasteiger charge is 2.08. The van der Waals surface area contributed by atoms with Crippen LogP contribution in [-0.2, 0) is 11.3 Å². The van der Waals surface area contributed by atoms with Gasteiger partial charge in [-0.25, -0.2) is 9.78 Å². The zero-order valence-corrected chi connectivity index (χ0v) is 11.6. The van der Waals surface area contributed by atoms with Crippen molar-refractivity contribution >= 4 is 28.7 Å². The number of hydrogen-bond acceptors (Lipinski definition) is 6. The molecule has 2 aromatic rings. The summed E-state index contributed by atoms with van der Waals surface area (Å²) < 4.78 is 4.64. The van der Waals surface area contributed by atoms with E-state index in [0.29, 0.717) is 17.8 Å². The molecule has 3 N–H and O–H groups in total. The molecular weight excluding hydrogens is 262 g/mol. The molecule has 6 heteroatoms. The van der Waals surface area contributed by atoms with E-state index in [4.69, 9.17) is 5.73 Å². The molecule has 0 unspecified atom stereocenters. The van der Waals surface area contributed by atoms with Crippen LogP contribution in [0.3, 0.4) is 0 Å². The number of nitrogen functional groups attached to an aromatic ring is 1. The highest BCUT2D eigenvalue weighted by atomic mass is 32.1. The number of aromatic nitrogens is 1. The summed E-state index contributed by atoms with van der Waals surface area (Å²) in [6.45, 7) is 2.63. The Bertz CT molecular complexity index is 595. The Morgan fingerprint density at radius 2 is 2.32 bits per heavy atom. The first-order valence-corrected chi connectivity index (χ1v) is 6.55. The second kappa shape index (κ2) is 5.71. The number of hydrogen-bond donors (Lipinski definition) is 2. The normalized spacial score (nSPS) is 10.2. The second-order valence-electron chi connectivity index (χ2n) is 4.01. The molecule has 0 bridgehead atoms. The number of carbonyl (C=O) groups is 1. The van der Waals surface area contributed by atoms with Gasteiger partial charge in [-0.2, -0.15) is 0 Å². The monoisotopic (exact) mass is 277 g/mol. The second-order valence-corrected chi connectivity index (χ2v) is 5.33. The van der Waals surface area contributed by atoms with Gasteiger partial charge in [-0.3, -0.25) is 0 Å². The Morgan fingerprint density at radius 1 is 1.53 bits per heavy atom. The molecule has 2 rings (SSSR count). The van der Waals surface area contributed by atoms with Crippen molar-refractivity contribution in [3.63, 3.8) is 0 Å². The van der Waals surface area contributed by atoms with Crippen molar-refractivity contribution in [2.75, 3.05) is 18.2 Å². The predicted octanol–water partition coefficient (Wildman–Crippen LogP) is 2.43. The smallest absolute Gasteiger partial charge is 0.337 e. The molecule has 0 saturated carbocycles. The number of esters is 1. The van der Waals surface area contributed by atoms with Crippen LogP contribution in [0.15, 0.2) is 24.4 Å². The van der Waals surface area contributed by atoms with Crippen LogP contribution < -0.4 is 11.1 Å². The molecule has 0 aliphatic rings. The maximum absolute atomic E-state index is 11.4. The number of benzene rings is 1. The maximum atomic E-state index is 11.4. The van der Waals surface area contributed by atoms with Crippen LogP contribution in [0.2, 0.25) is 0 Å². The molecule has 0 fully saturated rings. The number of nitrogens with zero attached hydrogens (tertiary/aromatic N) is 1. The quantitative estimate of drug-likeness (QED) is 0.663. The van der Waals surface area contributed by atoms with Crippen molar-refractivity contribution in [3.05, 3.63) is 39.8 Å². The van der Waals surface area contributed by atoms with Gasteiger partial charge in [-0.15, -0.1) is 11.3 Å². The van der Waals surface area contributed by atoms with Gasteiger partial charge in [0.15, 0.2) is 0 Å². The molecule has 5 nitrogen and oxygen atoms in total. The van der Waals surface area contributed by atoms with E-state index in [0.717, 1.165) is 10.7 Å². The van der Waals surface area contributed by atoms with Crippen molar-refractivity contribution in [2.45, 2.75) is 13.5 Å². The lowest BCUT2D eigenvalue weighted by Gasteiger charge is -2.09. The highest BCUT2D eigenvalue weighted by Crippen LogP contribution is 2.22. The summed E-state index contributed by atoms with van der Waals surface area (Å²) >= 11 is 1.64. The summed E-state index contributed by atoms with van der Waals surface area (Å²) in [7, 11) is 1.34. The van der Waals surface area contributed by atoms with Crippen molar-refractivity contribution in [1.82, 2.24) is 4.98 Å². The van der Waals surface area contributed by atoms with Gasteiger partial charge in [0.1, 0.15) is 5.01 Å². The van der Waals surface area contributed by atoms with Crippen LogP contribution >= 0.6 is 11.3 Å². The van der Waals surface area contributed by atoms with Crippen molar-refractivity contribution in [2.24, 2.45) is 0 Å². The molecule has 0 aliphatic heterocycles. The van der Waals surface area contributed by atoms with Gasteiger partial charge in [-0.05, 0) is 25.1 Å². The van der Waals surface area contributed by atoms with E-state index in [9.17, 15) is 4.79 Å². The molecule has 0 atom stereocenters. The lowest BCUT2D eigenvalue weighted by Crippen LogP contribution is -2.05. The Morgan fingerprint density at radius 3 is 2.89 bits per heavy atom. The van der Waals surface area contributed by atoms with E-state index < -0.39 is 5.97 Å². The van der Waals surface area contributed by atoms with Crippen LogP contribution in [0.4, 0.5) is 11.4 Å².